The van der Waals surface area contributed by atoms with Crippen LogP contribution in [0.15, 0.2) is 53.0 Å². The van der Waals surface area contributed by atoms with Crippen LogP contribution in [0.3, 0.4) is 0 Å². The Kier molecular flexibility index (Phi) is 3.85. The molecule has 0 aliphatic heterocycles. The first kappa shape index (κ1) is 14.3. The number of fused-ring (bicyclic) bond motifs is 1. The van der Waals surface area contributed by atoms with Crippen LogP contribution in [-0.4, -0.2) is 11.1 Å². The van der Waals surface area contributed by atoms with Gasteiger partial charge in [-0.25, -0.2) is 0 Å². The second-order valence-electron chi connectivity index (χ2n) is 5.83. The molecule has 1 atom stereocenters. The predicted octanol–water partition coefficient (Wildman–Crippen LogP) is 4.25. The summed E-state index contributed by atoms with van der Waals surface area (Å²) in [4.78, 5) is 11.9. The summed E-state index contributed by atoms with van der Waals surface area (Å²) in [5.41, 5.74) is 2.88. The molecule has 0 heterocycles. The smallest absolute Gasteiger partial charge is 0.310 e. The minimum atomic E-state index is -0.681. The van der Waals surface area contributed by atoms with Crippen LogP contribution in [0.1, 0.15) is 23.1 Å². The Labute approximate surface area is 132 Å². The quantitative estimate of drug-likeness (QED) is 0.903. The van der Waals surface area contributed by atoms with Crippen molar-refractivity contribution in [3.8, 4) is 0 Å². The number of halogens is 1. The van der Waals surface area contributed by atoms with Gasteiger partial charge in [0.05, 0.1) is 5.41 Å². The van der Waals surface area contributed by atoms with Gasteiger partial charge in [0.25, 0.3) is 0 Å². The summed E-state index contributed by atoms with van der Waals surface area (Å²) in [6, 6.07) is 16.2. The minimum absolute atomic E-state index is 0.587. The van der Waals surface area contributed by atoms with Gasteiger partial charge in [-0.2, -0.15) is 0 Å². The number of aryl methyl sites for hydroxylation is 1. The molecule has 0 saturated carbocycles. The first-order chi connectivity index (χ1) is 10.1. The molecule has 0 bridgehead atoms. The average molecular weight is 345 g/mol. The molecule has 0 saturated heterocycles. The van der Waals surface area contributed by atoms with Crippen LogP contribution in [-0.2, 0) is 24.1 Å². The number of hydrogen-bond acceptors (Lipinski definition) is 1. The van der Waals surface area contributed by atoms with E-state index in [2.05, 4.69) is 28.1 Å². The zero-order valence-corrected chi connectivity index (χ0v) is 13.3. The van der Waals surface area contributed by atoms with E-state index in [4.69, 9.17) is 0 Å². The number of carbonyl (C=O) groups is 1. The lowest BCUT2D eigenvalue weighted by atomic mass is 9.68. The van der Waals surface area contributed by atoms with Crippen molar-refractivity contribution < 1.29 is 9.90 Å². The summed E-state index contributed by atoms with van der Waals surface area (Å²) in [7, 11) is 0. The molecule has 21 heavy (non-hydrogen) atoms. The van der Waals surface area contributed by atoms with E-state index in [0.29, 0.717) is 19.3 Å². The largest absolute Gasteiger partial charge is 0.481 e. The fourth-order valence-corrected chi connectivity index (χ4v) is 3.47. The number of carboxylic acids is 1. The molecule has 0 amide bonds. The van der Waals surface area contributed by atoms with Crippen molar-refractivity contribution in [2.75, 3.05) is 0 Å². The topological polar surface area (TPSA) is 37.3 Å². The van der Waals surface area contributed by atoms with Crippen molar-refractivity contribution in [1.82, 2.24) is 0 Å². The van der Waals surface area contributed by atoms with Gasteiger partial charge in [0.1, 0.15) is 0 Å². The third-order valence-electron chi connectivity index (χ3n) is 4.43. The highest BCUT2D eigenvalue weighted by Crippen LogP contribution is 2.38. The summed E-state index contributed by atoms with van der Waals surface area (Å²) in [6.45, 7) is 0. The lowest BCUT2D eigenvalue weighted by Gasteiger charge is -2.34. The Morgan fingerprint density at radius 3 is 2.43 bits per heavy atom. The van der Waals surface area contributed by atoms with Gasteiger partial charge in [0.15, 0.2) is 0 Å². The highest BCUT2D eigenvalue weighted by molar-refractivity contribution is 9.10. The molecule has 1 aliphatic rings. The molecule has 3 rings (SSSR count). The van der Waals surface area contributed by atoms with Gasteiger partial charge in [-0.15, -0.1) is 0 Å². The monoisotopic (exact) mass is 344 g/mol. The molecule has 0 spiro atoms. The van der Waals surface area contributed by atoms with Crippen molar-refractivity contribution in [3.05, 3.63) is 69.7 Å². The van der Waals surface area contributed by atoms with Crippen molar-refractivity contribution in [2.45, 2.75) is 25.7 Å². The predicted molar refractivity (Wildman–Crippen MR) is 86.4 cm³/mol. The van der Waals surface area contributed by atoms with Crippen LogP contribution in [0.5, 0.6) is 0 Å². The Bertz CT molecular complexity index is 663. The van der Waals surface area contributed by atoms with E-state index in [0.717, 1.165) is 16.5 Å². The summed E-state index contributed by atoms with van der Waals surface area (Å²) in [6.07, 6.45) is 2.76. The van der Waals surface area contributed by atoms with Crippen LogP contribution < -0.4 is 0 Å². The van der Waals surface area contributed by atoms with Gasteiger partial charge in [-0.3, -0.25) is 4.79 Å². The Morgan fingerprint density at radius 2 is 1.76 bits per heavy atom. The molecular formula is C18H17BrO2. The molecule has 1 N–H and O–H groups in total. The number of rotatable bonds is 3. The first-order valence-electron chi connectivity index (χ1n) is 7.14. The third-order valence-corrected chi connectivity index (χ3v) is 4.96. The maximum atomic E-state index is 11.9. The maximum absolute atomic E-state index is 11.9. The van der Waals surface area contributed by atoms with E-state index in [1.165, 1.54) is 11.1 Å². The molecular weight excluding hydrogens is 328 g/mol. The van der Waals surface area contributed by atoms with Crippen molar-refractivity contribution >= 4 is 21.9 Å². The number of carboxylic acid groups (broad SMARTS) is 1. The third kappa shape index (κ3) is 2.88. The fraction of sp³-hybridized carbons (Fsp3) is 0.278. The standard InChI is InChI=1S/C18H17BrO2/c19-16-7-5-13(6-8-16)11-18(17(20)21)10-9-14-3-1-2-4-15(14)12-18/h1-8H,9-12H2,(H,20,21). The van der Waals surface area contributed by atoms with Gasteiger partial charge in [-0.05, 0) is 54.5 Å². The van der Waals surface area contributed by atoms with E-state index in [1.54, 1.807) is 0 Å². The van der Waals surface area contributed by atoms with E-state index < -0.39 is 11.4 Å². The molecule has 0 aromatic heterocycles. The van der Waals surface area contributed by atoms with E-state index in [-0.39, 0.29) is 0 Å². The van der Waals surface area contributed by atoms with E-state index >= 15 is 0 Å². The van der Waals surface area contributed by atoms with Gasteiger partial charge in [-0.1, -0.05) is 52.3 Å². The van der Waals surface area contributed by atoms with Gasteiger partial charge in [0.2, 0.25) is 0 Å². The normalized spacial score (nSPS) is 20.8. The summed E-state index contributed by atoms with van der Waals surface area (Å²) in [5.74, 6) is -0.681. The Hall–Kier alpha value is -1.61. The van der Waals surface area contributed by atoms with E-state index in [9.17, 15) is 9.90 Å². The van der Waals surface area contributed by atoms with Crippen LogP contribution in [0.25, 0.3) is 0 Å². The van der Waals surface area contributed by atoms with E-state index in [1.807, 2.05) is 36.4 Å². The molecule has 2 aromatic carbocycles. The average Bonchev–Trinajstić information content (AvgIpc) is 2.49. The molecule has 108 valence electrons. The second-order valence-corrected chi connectivity index (χ2v) is 6.75. The molecule has 1 unspecified atom stereocenters. The summed E-state index contributed by atoms with van der Waals surface area (Å²) in [5, 5.41) is 9.82. The van der Waals surface area contributed by atoms with Gasteiger partial charge >= 0.3 is 5.97 Å². The first-order valence-corrected chi connectivity index (χ1v) is 7.93. The number of hydrogen-bond donors (Lipinski definition) is 1. The highest BCUT2D eigenvalue weighted by Gasteiger charge is 2.41. The number of benzene rings is 2. The molecule has 1 aliphatic carbocycles. The summed E-state index contributed by atoms with van der Waals surface area (Å²) < 4.78 is 1.02. The molecule has 2 nitrogen and oxygen atoms in total. The Morgan fingerprint density at radius 1 is 1.10 bits per heavy atom. The number of aliphatic carboxylic acids is 1. The van der Waals surface area contributed by atoms with Crippen molar-refractivity contribution in [2.24, 2.45) is 5.41 Å². The maximum Gasteiger partial charge on any atom is 0.310 e. The zero-order chi connectivity index (χ0) is 14.9. The lowest BCUT2D eigenvalue weighted by Crippen LogP contribution is -2.39. The zero-order valence-electron chi connectivity index (χ0n) is 11.7. The fourth-order valence-electron chi connectivity index (χ4n) is 3.20. The van der Waals surface area contributed by atoms with Gasteiger partial charge in [0, 0.05) is 4.47 Å². The summed E-state index contributed by atoms with van der Waals surface area (Å²) >= 11 is 3.42. The minimum Gasteiger partial charge on any atom is -0.481 e. The molecule has 0 fully saturated rings. The van der Waals surface area contributed by atoms with Crippen LogP contribution in [0.4, 0.5) is 0 Å². The van der Waals surface area contributed by atoms with Crippen LogP contribution in [0.2, 0.25) is 0 Å². The van der Waals surface area contributed by atoms with Crippen molar-refractivity contribution in [1.29, 1.82) is 0 Å². The van der Waals surface area contributed by atoms with Crippen LogP contribution >= 0.6 is 15.9 Å². The second kappa shape index (κ2) is 5.64. The molecule has 0 radical (unpaired) electrons. The highest BCUT2D eigenvalue weighted by atomic mass is 79.9. The lowest BCUT2D eigenvalue weighted by molar-refractivity contribution is -0.149. The molecule has 3 heteroatoms. The van der Waals surface area contributed by atoms with Gasteiger partial charge < -0.3 is 5.11 Å². The SMILES string of the molecule is O=C(O)C1(Cc2ccc(Br)cc2)CCc2ccccc2C1. The Balaban J connectivity index is 1.91. The van der Waals surface area contributed by atoms with Crippen molar-refractivity contribution in [3.63, 3.8) is 0 Å². The molecule has 2 aromatic rings. The van der Waals surface area contributed by atoms with Crippen LogP contribution in [0, 0.1) is 5.41 Å².